The number of nitrogens with one attached hydrogen (secondary N) is 1. The van der Waals surface area contributed by atoms with E-state index in [9.17, 15) is 9.59 Å². The van der Waals surface area contributed by atoms with Gasteiger partial charge in [0.1, 0.15) is 6.29 Å². The highest BCUT2D eigenvalue weighted by Crippen LogP contribution is 2.31. The van der Waals surface area contributed by atoms with E-state index in [0.717, 1.165) is 32.0 Å². The van der Waals surface area contributed by atoms with Gasteiger partial charge in [0.25, 0.3) is 0 Å². The van der Waals surface area contributed by atoms with Crippen molar-refractivity contribution < 1.29 is 9.59 Å². The van der Waals surface area contributed by atoms with Crippen LogP contribution in [0.2, 0.25) is 0 Å². The largest absolute Gasteiger partial charge is 0.329 e. The SMILES string of the molecule is CN[C@H]1CCC2CC[C@@H](C=O)N2C1=O. The molecule has 2 fully saturated rings. The Morgan fingerprint density at radius 2 is 2.07 bits per heavy atom. The number of fused-ring (bicyclic) bond motifs is 1. The highest BCUT2D eigenvalue weighted by molar-refractivity contribution is 5.86. The second-order valence-corrected chi connectivity index (χ2v) is 4.10. The molecule has 0 radical (unpaired) electrons. The van der Waals surface area contributed by atoms with Gasteiger partial charge in [-0.05, 0) is 32.7 Å². The van der Waals surface area contributed by atoms with E-state index in [1.807, 2.05) is 0 Å². The van der Waals surface area contributed by atoms with E-state index in [0.29, 0.717) is 6.04 Å². The van der Waals surface area contributed by atoms with E-state index in [1.165, 1.54) is 0 Å². The fourth-order valence-corrected chi connectivity index (χ4v) is 2.60. The molecule has 0 aromatic carbocycles. The van der Waals surface area contributed by atoms with Crippen LogP contribution in [-0.4, -0.2) is 42.3 Å². The molecular weight excluding hydrogens is 180 g/mol. The molecule has 1 N–H and O–H groups in total. The maximum Gasteiger partial charge on any atom is 0.240 e. The molecule has 0 saturated carbocycles. The topological polar surface area (TPSA) is 49.4 Å². The molecule has 4 nitrogen and oxygen atoms in total. The van der Waals surface area contributed by atoms with Gasteiger partial charge in [-0.2, -0.15) is 0 Å². The van der Waals surface area contributed by atoms with Gasteiger partial charge in [-0.3, -0.25) is 4.79 Å². The smallest absolute Gasteiger partial charge is 0.240 e. The molecule has 2 saturated heterocycles. The van der Waals surface area contributed by atoms with Gasteiger partial charge in [-0.1, -0.05) is 0 Å². The first kappa shape index (κ1) is 9.65. The number of carbonyl (C=O) groups is 2. The first-order valence-corrected chi connectivity index (χ1v) is 5.22. The second kappa shape index (κ2) is 3.69. The van der Waals surface area contributed by atoms with Crippen LogP contribution in [0.5, 0.6) is 0 Å². The summed E-state index contributed by atoms with van der Waals surface area (Å²) in [5.74, 6) is 0.110. The van der Waals surface area contributed by atoms with Crippen LogP contribution in [-0.2, 0) is 9.59 Å². The minimum Gasteiger partial charge on any atom is -0.329 e. The average molecular weight is 196 g/mol. The molecule has 2 aliphatic rings. The molecular formula is C10H16N2O2. The van der Waals surface area contributed by atoms with Crippen molar-refractivity contribution in [1.82, 2.24) is 10.2 Å². The standard InChI is InChI=1S/C10H16N2O2/c1-11-9-5-4-7-2-3-8(6-13)12(7)10(9)14/h6-9,11H,2-5H2,1H3/t7?,8-,9-/m0/s1. The van der Waals surface area contributed by atoms with Crippen LogP contribution in [0.4, 0.5) is 0 Å². The lowest BCUT2D eigenvalue weighted by Gasteiger charge is -2.36. The molecule has 3 atom stereocenters. The first-order chi connectivity index (χ1) is 6.77. The van der Waals surface area contributed by atoms with Gasteiger partial charge < -0.3 is 15.0 Å². The van der Waals surface area contributed by atoms with Gasteiger partial charge in [0.05, 0.1) is 12.1 Å². The lowest BCUT2D eigenvalue weighted by molar-refractivity contribution is -0.141. The van der Waals surface area contributed by atoms with Gasteiger partial charge in [0.2, 0.25) is 5.91 Å². The molecule has 78 valence electrons. The Hall–Kier alpha value is -0.900. The molecule has 1 unspecified atom stereocenters. The van der Waals surface area contributed by atoms with Gasteiger partial charge in [0, 0.05) is 6.04 Å². The lowest BCUT2D eigenvalue weighted by Crippen LogP contribution is -2.54. The molecule has 0 aromatic rings. The van der Waals surface area contributed by atoms with E-state index in [1.54, 1.807) is 11.9 Å². The van der Waals surface area contributed by atoms with Crippen LogP contribution in [0.15, 0.2) is 0 Å². The third-order valence-electron chi connectivity index (χ3n) is 3.39. The second-order valence-electron chi connectivity index (χ2n) is 4.10. The zero-order valence-electron chi connectivity index (χ0n) is 8.40. The molecule has 0 bridgehead atoms. The van der Waals surface area contributed by atoms with E-state index in [-0.39, 0.29) is 18.0 Å². The molecule has 4 heteroatoms. The van der Waals surface area contributed by atoms with Gasteiger partial charge in [-0.15, -0.1) is 0 Å². The van der Waals surface area contributed by atoms with Crippen molar-refractivity contribution in [2.75, 3.05) is 7.05 Å². The molecule has 0 aliphatic carbocycles. The number of hydrogen-bond donors (Lipinski definition) is 1. The molecule has 14 heavy (non-hydrogen) atoms. The Labute approximate surface area is 83.6 Å². The summed E-state index contributed by atoms with van der Waals surface area (Å²) in [5.41, 5.74) is 0. The zero-order valence-corrected chi connectivity index (χ0v) is 8.40. The monoisotopic (exact) mass is 196 g/mol. The summed E-state index contributed by atoms with van der Waals surface area (Å²) >= 11 is 0. The summed E-state index contributed by atoms with van der Waals surface area (Å²) in [6.45, 7) is 0. The minimum absolute atomic E-state index is 0.0770. The van der Waals surface area contributed by atoms with Crippen molar-refractivity contribution in [3.8, 4) is 0 Å². The Kier molecular flexibility index (Phi) is 2.54. The van der Waals surface area contributed by atoms with Crippen LogP contribution in [0.3, 0.4) is 0 Å². The molecule has 2 aliphatic heterocycles. The maximum atomic E-state index is 11.9. The van der Waals surface area contributed by atoms with Crippen molar-refractivity contribution in [2.45, 2.75) is 43.8 Å². The number of carbonyl (C=O) groups excluding carboxylic acids is 2. The normalized spacial score (nSPS) is 37.1. The summed E-state index contributed by atoms with van der Waals surface area (Å²) in [6.07, 6.45) is 4.68. The third-order valence-corrected chi connectivity index (χ3v) is 3.39. The van der Waals surface area contributed by atoms with Gasteiger partial charge >= 0.3 is 0 Å². The Morgan fingerprint density at radius 3 is 2.71 bits per heavy atom. The number of nitrogens with zero attached hydrogens (tertiary/aromatic N) is 1. The summed E-state index contributed by atoms with van der Waals surface area (Å²) in [7, 11) is 1.80. The van der Waals surface area contributed by atoms with Crippen molar-refractivity contribution in [1.29, 1.82) is 0 Å². The summed E-state index contributed by atoms with van der Waals surface area (Å²) < 4.78 is 0. The quantitative estimate of drug-likeness (QED) is 0.629. The summed E-state index contributed by atoms with van der Waals surface area (Å²) in [5, 5.41) is 3.00. The highest BCUT2D eigenvalue weighted by atomic mass is 16.2. The Balaban J connectivity index is 2.16. The van der Waals surface area contributed by atoms with Crippen LogP contribution in [0.25, 0.3) is 0 Å². The van der Waals surface area contributed by atoms with Crippen molar-refractivity contribution in [3.63, 3.8) is 0 Å². The number of hydrogen-bond acceptors (Lipinski definition) is 3. The van der Waals surface area contributed by atoms with Crippen LogP contribution in [0, 0.1) is 0 Å². The van der Waals surface area contributed by atoms with E-state index in [4.69, 9.17) is 0 Å². The third kappa shape index (κ3) is 1.34. The summed E-state index contributed by atoms with van der Waals surface area (Å²) in [6, 6.07) is 0.0812. The summed E-state index contributed by atoms with van der Waals surface area (Å²) in [4.78, 5) is 24.5. The predicted molar refractivity (Wildman–Crippen MR) is 51.8 cm³/mol. The first-order valence-electron chi connectivity index (χ1n) is 5.22. The molecule has 0 spiro atoms. The van der Waals surface area contributed by atoms with Crippen LogP contribution in [0.1, 0.15) is 25.7 Å². The van der Waals surface area contributed by atoms with Crippen molar-refractivity contribution in [3.05, 3.63) is 0 Å². The number of rotatable bonds is 2. The minimum atomic E-state index is -0.163. The average Bonchev–Trinajstić information content (AvgIpc) is 2.62. The van der Waals surface area contributed by atoms with Crippen LogP contribution >= 0.6 is 0 Å². The van der Waals surface area contributed by atoms with Crippen LogP contribution < -0.4 is 5.32 Å². The van der Waals surface area contributed by atoms with E-state index < -0.39 is 0 Å². The lowest BCUT2D eigenvalue weighted by atomic mass is 9.98. The van der Waals surface area contributed by atoms with Crippen molar-refractivity contribution in [2.24, 2.45) is 0 Å². The van der Waals surface area contributed by atoms with Gasteiger partial charge in [0.15, 0.2) is 0 Å². The maximum absolute atomic E-state index is 11.9. The fraction of sp³-hybridized carbons (Fsp3) is 0.800. The zero-order chi connectivity index (χ0) is 10.1. The highest BCUT2D eigenvalue weighted by Gasteiger charge is 2.42. The molecule has 0 aromatic heterocycles. The van der Waals surface area contributed by atoms with Gasteiger partial charge in [-0.25, -0.2) is 0 Å². The van der Waals surface area contributed by atoms with Crippen molar-refractivity contribution >= 4 is 12.2 Å². The number of amides is 1. The fourth-order valence-electron chi connectivity index (χ4n) is 2.60. The van der Waals surface area contributed by atoms with E-state index >= 15 is 0 Å². The number of aldehydes is 1. The molecule has 2 heterocycles. The predicted octanol–water partition coefficient (Wildman–Crippen LogP) is -0.0733. The Morgan fingerprint density at radius 1 is 1.36 bits per heavy atom. The van der Waals surface area contributed by atoms with E-state index in [2.05, 4.69) is 5.32 Å². The Bertz CT molecular complexity index is 255. The molecule has 1 amide bonds. The number of piperidine rings is 1. The molecule has 2 rings (SSSR count). The number of likely N-dealkylation sites (N-methyl/N-ethyl adjacent to an activating group) is 1.